The molecule has 1 aromatic heterocycles. The van der Waals surface area contributed by atoms with Crippen LogP contribution in [0, 0.1) is 0 Å². The number of sulfonamides is 1. The van der Waals surface area contributed by atoms with Crippen LogP contribution < -0.4 is 5.14 Å². The van der Waals surface area contributed by atoms with Gasteiger partial charge in [-0.15, -0.1) is 0 Å². The van der Waals surface area contributed by atoms with Crippen molar-refractivity contribution in [1.29, 1.82) is 0 Å². The summed E-state index contributed by atoms with van der Waals surface area (Å²) in [7, 11) is -3.67. The second kappa shape index (κ2) is 5.30. The lowest BCUT2D eigenvalue weighted by atomic mass is 9.96. The fourth-order valence-electron chi connectivity index (χ4n) is 2.03. The number of carbonyl (C=O) groups is 1. The molecular formula is C12H19N3O5S. The highest BCUT2D eigenvalue weighted by Gasteiger charge is 2.38. The zero-order valence-electron chi connectivity index (χ0n) is 12.2. The average Bonchev–Trinajstić information content (AvgIpc) is 2.58. The van der Waals surface area contributed by atoms with Crippen molar-refractivity contribution in [1.82, 2.24) is 9.88 Å². The predicted octanol–water partition coefficient (Wildman–Crippen LogP) is 0.797. The molecule has 2 N–H and O–H groups in total. The number of carbonyl (C=O) groups excluding carboxylic acids is 1. The number of hydrogen-bond donors (Lipinski definition) is 1. The van der Waals surface area contributed by atoms with Crippen molar-refractivity contribution in [3.05, 3.63) is 17.8 Å². The van der Waals surface area contributed by atoms with Crippen LogP contribution in [0.25, 0.3) is 0 Å². The Morgan fingerprint density at radius 3 is 2.67 bits per heavy atom. The number of rotatable bonds is 3. The molecule has 0 aliphatic carbocycles. The van der Waals surface area contributed by atoms with E-state index < -0.39 is 21.7 Å². The van der Waals surface area contributed by atoms with Gasteiger partial charge in [-0.3, -0.25) is 0 Å². The molecular weight excluding hydrogens is 298 g/mol. The van der Waals surface area contributed by atoms with E-state index in [-0.39, 0.29) is 11.7 Å². The van der Waals surface area contributed by atoms with Crippen LogP contribution >= 0.6 is 0 Å². The quantitative estimate of drug-likeness (QED) is 0.881. The molecule has 0 radical (unpaired) electrons. The topological polar surface area (TPSA) is 116 Å². The summed E-state index contributed by atoms with van der Waals surface area (Å²) in [6.45, 7) is 6.19. The molecule has 0 unspecified atom stereocenters. The summed E-state index contributed by atoms with van der Waals surface area (Å²) in [6.07, 6.45) is 0.790. The molecule has 1 aliphatic rings. The summed E-state index contributed by atoms with van der Waals surface area (Å²) in [5.41, 5.74) is -0.251. The molecule has 1 aliphatic heterocycles. The van der Waals surface area contributed by atoms with E-state index in [0.29, 0.717) is 24.5 Å². The molecule has 118 valence electrons. The lowest BCUT2D eigenvalue weighted by molar-refractivity contribution is 0.00643. The minimum absolute atomic E-state index is 0.0863. The van der Waals surface area contributed by atoms with Gasteiger partial charge in [-0.05, 0) is 20.8 Å². The monoisotopic (exact) mass is 317 g/mol. The summed E-state index contributed by atoms with van der Waals surface area (Å²) in [5.74, 6) is 0.00231. The largest absolute Gasteiger partial charge is 0.448 e. The molecule has 0 saturated carbocycles. The van der Waals surface area contributed by atoms with E-state index in [1.807, 2.05) is 0 Å². The van der Waals surface area contributed by atoms with Crippen molar-refractivity contribution >= 4 is 16.1 Å². The van der Waals surface area contributed by atoms with Gasteiger partial charge in [0.15, 0.2) is 6.39 Å². The number of nitrogens with two attached hydrogens (primary N) is 1. The number of likely N-dealkylation sites (tertiary alicyclic amines) is 1. The Morgan fingerprint density at radius 2 is 2.14 bits per heavy atom. The molecule has 9 heteroatoms. The van der Waals surface area contributed by atoms with E-state index in [2.05, 4.69) is 4.98 Å². The van der Waals surface area contributed by atoms with E-state index in [9.17, 15) is 13.2 Å². The molecule has 1 saturated heterocycles. The van der Waals surface area contributed by atoms with Gasteiger partial charge in [-0.25, -0.2) is 23.3 Å². The van der Waals surface area contributed by atoms with Gasteiger partial charge in [-0.1, -0.05) is 0 Å². The molecule has 0 bridgehead atoms. The van der Waals surface area contributed by atoms with Gasteiger partial charge in [-0.2, -0.15) is 0 Å². The highest BCUT2D eigenvalue weighted by Crippen LogP contribution is 2.30. The highest BCUT2D eigenvalue weighted by atomic mass is 32.2. The van der Waals surface area contributed by atoms with Gasteiger partial charge in [0.1, 0.15) is 17.1 Å². The molecule has 0 spiro atoms. The second-order valence-corrected chi connectivity index (χ2v) is 7.67. The molecule has 1 amide bonds. The van der Waals surface area contributed by atoms with Crippen LogP contribution in [-0.2, 0) is 20.5 Å². The normalized spacial score (nSPS) is 16.7. The van der Waals surface area contributed by atoms with E-state index in [1.54, 1.807) is 20.8 Å². The number of hydrogen-bond acceptors (Lipinski definition) is 6. The fraction of sp³-hybridized carbons (Fsp3) is 0.667. The van der Waals surface area contributed by atoms with Crippen molar-refractivity contribution in [2.75, 3.05) is 13.1 Å². The molecule has 8 nitrogen and oxygen atoms in total. The fourth-order valence-corrected chi connectivity index (χ4v) is 2.63. The summed E-state index contributed by atoms with van der Waals surface area (Å²) >= 11 is 0. The van der Waals surface area contributed by atoms with Gasteiger partial charge in [0.05, 0.1) is 11.6 Å². The van der Waals surface area contributed by atoms with Gasteiger partial charge in [0, 0.05) is 13.1 Å². The van der Waals surface area contributed by atoms with Gasteiger partial charge in [0.2, 0.25) is 10.0 Å². The number of primary sulfonamides is 1. The van der Waals surface area contributed by atoms with Crippen LogP contribution in [0.4, 0.5) is 4.79 Å². The first-order valence-corrected chi connectivity index (χ1v) is 8.17. The van der Waals surface area contributed by atoms with Crippen molar-refractivity contribution in [2.45, 2.75) is 38.0 Å². The molecule has 0 aromatic carbocycles. The van der Waals surface area contributed by atoms with Crippen LogP contribution in [-0.4, -0.2) is 43.1 Å². The van der Waals surface area contributed by atoms with E-state index in [1.165, 1.54) is 11.3 Å². The lowest BCUT2D eigenvalue weighted by Gasteiger charge is -2.38. The molecule has 0 atom stereocenters. The van der Waals surface area contributed by atoms with Crippen molar-refractivity contribution in [3.63, 3.8) is 0 Å². The number of nitrogens with zero attached hydrogens (tertiary/aromatic N) is 2. The van der Waals surface area contributed by atoms with Crippen LogP contribution in [0.5, 0.6) is 0 Å². The van der Waals surface area contributed by atoms with Gasteiger partial charge >= 0.3 is 6.09 Å². The third kappa shape index (κ3) is 4.18. The molecule has 1 aromatic rings. The minimum Gasteiger partial charge on any atom is -0.448 e. The smallest absolute Gasteiger partial charge is 0.410 e. The number of aromatic nitrogens is 1. The Labute approximate surface area is 123 Å². The maximum absolute atomic E-state index is 11.8. The summed E-state index contributed by atoms with van der Waals surface area (Å²) < 4.78 is 32.7. The first-order chi connectivity index (χ1) is 9.55. The predicted molar refractivity (Wildman–Crippen MR) is 73.9 cm³/mol. The zero-order chi connectivity index (χ0) is 15.8. The third-order valence-corrected chi connectivity index (χ3v) is 3.59. The number of amides is 1. The zero-order valence-corrected chi connectivity index (χ0v) is 13.0. The minimum atomic E-state index is -3.67. The van der Waals surface area contributed by atoms with Crippen LogP contribution in [0.15, 0.2) is 10.8 Å². The highest BCUT2D eigenvalue weighted by molar-refractivity contribution is 7.88. The van der Waals surface area contributed by atoms with E-state index in [0.717, 1.165) is 0 Å². The van der Waals surface area contributed by atoms with Crippen molar-refractivity contribution < 1.29 is 22.4 Å². The Morgan fingerprint density at radius 1 is 1.52 bits per heavy atom. The maximum atomic E-state index is 11.8. The molecule has 1 fully saturated rings. The molecule has 21 heavy (non-hydrogen) atoms. The maximum Gasteiger partial charge on any atom is 0.410 e. The Hall–Kier alpha value is -1.61. The molecule has 2 rings (SSSR count). The SMILES string of the molecule is CC(C)(C)OC(=O)N1CC(c2ocnc2CS(N)(=O)=O)C1. The van der Waals surface area contributed by atoms with Crippen LogP contribution in [0.1, 0.15) is 38.1 Å². The Balaban J connectivity index is 1.96. The summed E-state index contributed by atoms with van der Waals surface area (Å²) in [6, 6.07) is 0. The van der Waals surface area contributed by atoms with E-state index >= 15 is 0 Å². The summed E-state index contributed by atoms with van der Waals surface area (Å²) in [4.78, 5) is 17.2. The lowest BCUT2D eigenvalue weighted by Crippen LogP contribution is -2.50. The standard InChI is InChI=1S/C12H19N3O5S/c1-12(2,3)20-11(16)15-4-8(5-15)10-9(14-7-19-10)6-21(13,17)18/h7-8H,4-6H2,1-3H3,(H2,13,17,18). The Kier molecular flexibility index (Phi) is 3.98. The molecule has 2 heterocycles. The van der Waals surface area contributed by atoms with Gasteiger partial charge < -0.3 is 14.1 Å². The third-order valence-electron chi connectivity index (χ3n) is 2.91. The van der Waals surface area contributed by atoms with Gasteiger partial charge in [0.25, 0.3) is 0 Å². The van der Waals surface area contributed by atoms with Crippen molar-refractivity contribution in [3.8, 4) is 0 Å². The summed E-state index contributed by atoms with van der Waals surface area (Å²) in [5, 5.41) is 5.01. The van der Waals surface area contributed by atoms with E-state index in [4.69, 9.17) is 14.3 Å². The number of oxazole rings is 1. The van der Waals surface area contributed by atoms with Crippen LogP contribution in [0.2, 0.25) is 0 Å². The Bertz CT molecular complexity index is 626. The first-order valence-electron chi connectivity index (χ1n) is 6.46. The second-order valence-electron chi connectivity index (χ2n) is 6.05. The first kappa shape index (κ1) is 15.8. The van der Waals surface area contributed by atoms with Crippen LogP contribution in [0.3, 0.4) is 0 Å². The van der Waals surface area contributed by atoms with Crippen molar-refractivity contribution in [2.24, 2.45) is 5.14 Å². The average molecular weight is 317 g/mol. The number of ether oxygens (including phenoxy) is 1.